The molecule has 0 aromatic rings. The van der Waals surface area contributed by atoms with Gasteiger partial charge in [0.2, 0.25) is 11.8 Å². The fourth-order valence-corrected chi connectivity index (χ4v) is 2.45. The number of hydrogen-bond donors (Lipinski definition) is 2. The number of carbonyl (C=O) groups is 2. The number of hydrogen-bond acceptors (Lipinski definition) is 4. The second-order valence-electron chi connectivity index (χ2n) is 7.00. The van der Waals surface area contributed by atoms with Gasteiger partial charge in [0.1, 0.15) is 0 Å². The van der Waals surface area contributed by atoms with Gasteiger partial charge < -0.3 is 20.4 Å². The lowest BCUT2D eigenvalue weighted by atomic mass is 10.1. The fraction of sp³-hybridized carbons (Fsp3) is 0.889. The summed E-state index contributed by atoms with van der Waals surface area (Å²) < 4.78 is 0. The van der Waals surface area contributed by atoms with Crippen LogP contribution in [-0.4, -0.2) is 76.0 Å². The van der Waals surface area contributed by atoms with Crippen molar-refractivity contribution in [2.45, 2.75) is 51.4 Å². The number of likely N-dealkylation sites (N-methyl/N-ethyl adjacent to an activating group) is 2. The first-order valence-electron chi connectivity index (χ1n) is 9.24. The molecule has 0 heterocycles. The van der Waals surface area contributed by atoms with Gasteiger partial charge in [-0.25, -0.2) is 0 Å². The van der Waals surface area contributed by atoms with Gasteiger partial charge in [-0.3, -0.25) is 9.59 Å². The van der Waals surface area contributed by atoms with Crippen LogP contribution in [0.1, 0.15) is 51.4 Å². The van der Waals surface area contributed by atoms with Crippen LogP contribution in [0.15, 0.2) is 0 Å². The Morgan fingerprint density at radius 3 is 1.17 bits per heavy atom. The van der Waals surface area contributed by atoms with E-state index in [1.165, 1.54) is 38.5 Å². The number of carbonyl (C=O) groups excluding carboxylic acids is 2. The average molecular weight is 343 g/mol. The predicted molar refractivity (Wildman–Crippen MR) is 100 cm³/mol. The second kappa shape index (κ2) is 15.4. The predicted octanol–water partition coefficient (Wildman–Crippen LogP) is 1.46. The monoisotopic (exact) mass is 342 g/mol. The minimum Gasteiger partial charge on any atom is -0.355 e. The molecule has 0 aliphatic carbocycles. The molecule has 0 bridgehead atoms. The first-order chi connectivity index (χ1) is 11.4. The Morgan fingerprint density at radius 2 is 0.875 bits per heavy atom. The molecule has 0 aromatic heterocycles. The molecule has 0 fully saturated rings. The molecule has 0 aliphatic heterocycles. The molecule has 0 saturated carbocycles. The summed E-state index contributed by atoms with van der Waals surface area (Å²) in [6.45, 7) is 2.52. The molecular weight excluding hydrogens is 304 g/mol. The Kier molecular flexibility index (Phi) is 14.7. The number of unbranched alkanes of at least 4 members (excludes halogenated alkanes) is 7. The van der Waals surface area contributed by atoms with Gasteiger partial charge in [0.05, 0.1) is 13.1 Å². The minimum atomic E-state index is 0.109. The van der Waals surface area contributed by atoms with E-state index >= 15 is 0 Å². The van der Waals surface area contributed by atoms with Gasteiger partial charge >= 0.3 is 0 Å². The zero-order valence-electron chi connectivity index (χ0n) is 16.2. The molecule has 0 atom stereocenters. The lowest BCUT2D eigenvalue weighted by Crippen LogP contribution is -2.33. The van der Waals surface area contributed by atoms with Gasteiger partial charge in [-0.1, -0.05) is 38.5 Å². The molecule has 6 heteroatoms. The van der Waals surface area contributed by atoms with E-state index in [-0.39, 0.29) is 11.8 Å². The van der Waals surface area contributed by atoms with E-state index in [9.17, 15) is 9.59 Å². The standard InChI is InChI=1S/C18H38N4O2/c1-21(2)15-17(23)19-13-11-9-7-5-6-8-10-12-14-20-18(24)16-22(3)4/h5-16H2,1-4H3,(H,19,23)(H,20,24). The molecule has 0 unspecified atom stereocenters. The molecule has 0 spiro atoms. The van der Waals surface area contributed by atoms with Crippen LogP contribution in [0.5, 0.6) is 0 Å². The molecule has 0 aromatic carbocycles. The maximum absolute atomic E-state index is 11.4. The van der Waals surface area contributed by atoms with Crippen molar-refractivity contribution in [3.05, 3.63) is 0 Å². The third-order valence-corrected chi connectivity index (χ3v) is 3.67. The zero-order valence-corrected chi connectivity index (χ0v) is 16.2. The van der Waals surface area contributed by atoms with Gasteiger partial charge in [-0.2, -0.15) is 0 Å². The van der Waals surface area contributed by atoms with E-state index in [0.717, 1.165) is 25.9 Å². The van der Waals surface area contributed by atoms with E-state index in [1.807, 2.05) is 38.0 Å². The summed E-state index contributed by atoms with van der Waals surface area (Å²) in [6, 6.07) is 0. The maximum Gasteiger partial charge on any atom is 0.234 e. The SMILES string of the molecule is CN(C)CC(=O)NCCCCCCCCCCNC(=O)CN(C)C. The third kappa shape index (κ3) is 17.2. The lowest BCUT2D eigenvalue weighted by molar-refractivity contribution is -0.122. The number of amides is 2. The summed E-state index contributed by atoms with van der Waals surface area (Å²) in [5, 5.41) is 5.88. The van der Waals surface area contributed by atoms with Crippen molar-refractivity contribution in [3.8, 4) is 0 Å². The van der Waals surface area contributed by atoms with Crippen LogP contribution in [0.3, 0.4) is 0 Å². The Morgan fingerprint density at radius 1 is 0.583 bits per heavy atom. The third-order valence-electron chi connectivity index (χ3n) is 3.67. The molecule has 0 rings (SSSR count). The number of rotatable bonds is 15. The van der Waals surface area contributed by atoms with Crippen LogP contribution in [0, 0.1) is 0 Å². The van der Waals surface area contributed by atoms with Crippen molar-refractivity contribution in [1.82, 2.24) is 20.4 Å². The second-order valence-corrected chi connectivity index (χ2v) is 7.00. The summed E-state index contributed by atoms with van der Waals surface area (Å²) in [6.07, 6.45) is 9.50. The van der Waals surface area contributed by atoms with Gasteiger partial charge in [0, 0.05) is 13.1 Å². The maximum atomic E-state index is 11.4. The van der Waals surface area contributed by atoms with Crippen LogP contribution >= 0.6 is 0 Å². The Hall–Kier alpha value is -1.14. The van der Waals surface area contributed by atoms with Crippen molar-refractivity contribution in [1.29, 1.82) is 0 Å². The van der Waals surface area contributed by atoms with E-state index in [2.05, 4.69) is 10.6 Å². The highest BCUT2D eigenvalue weighted by Crippen LogP contribution is 2.08. The van der Waals surface area contributed by atoms with E-state index in [1.54, 1.807) is 0 Å². The quantitative estimate of drug-likeness (QED) is 0.442. The van der Waals surface area contributed by atoms with Crippen molar-refractivity contribution in [3.63, 3.8) is 0 Å². The van der Waals surface area contributed by atoms with Crippen LogP contribution in [-0.2, 0) is 9.59 Å². The topological polar surface area (TPSA) is 64.7 Å². The molecule has 2 amide bonds. The summed E-state index contributed by atoms with van der Waals surface area (Å²) in [4.78, 5) is 26.6. The molecule has 2 N–H and O–H groups in total. The van der Waals surface area contributed by atoms with Crippen LogP contribution in [0.25, 0.3) is 0 Å². The molecule has 0 aliphatic rings. The van der Waals surface area contributed by atoms with Gasteiger partial charge in [-0.05, 0) is 41.0 Å². The van der Waals surface area contributed by atoms with Gasteiger partial charge in [0.25, 0.3) is 0 Å². The van der Waals surface area contributed by atoms with Crippen LogP contribution in [0.4, 0.5) is 0 Å². The molecule has 24 heavy (non-hydrogen) atoms. The first-order valence-corrected chi connectivity index (χ1v) is 9.24. The van der Waals surface area contributed by atoms with Crippen molar-refractivity contribution >= 4 is 11.8 Å². The van der Waals surface area contributed by atoms with E-state index in [0.29, 0.717) is 13.1 Å². The first kappa shape index (κ1) is 22.9. The molecular formula is C18H38N4O2. The molecule has 0 saturated heterocycles. The largest absolute Gasteiger partial charge is 0.355 e. The molecule has 6 nitrogen and oxygen atoms in total. The number of nitrogens with one attached hydrogen (secondary N) is 2. The Labute approximate surface area is 148 Å². The Bertz CT molecular complexity index is 301. The Balaban J connectivity index is 3.20. The molecule has 0 radical (unpaired) electrons. The highest BCUT2D eigenvalue weighted by molar-refractivity contribution is 5.78. The smallest absolute Gasteiger partial charge is 0.234 e. The van der Waals surface area contributed by atoms with Crippen molar-refractivity contribution in [2.75, 3.05) is 54.4 Å². The average Bonchev–Trinajstić information content (AvgIpc) is 2.46. The van der Waals surface area contributed by atoms with Gasteiger partial charge in [0.15, 0.2) is 0 Å². The highest BCUT2D eigenvalue weighted by Gasteiger charge is 2.02. The fourth-order valence-electron chi connectivity index (χ4n) is 2.45. The summed E-state index contributed by atoms with van der Waals surface area (Å²) >= 11 is 0. The normalized spacial score (nSPS) is 11.1. The summed E-state index contributed by atoms with van der Waals surface area (Å²) in [7, 11) is 7.60. The van der Waals surface area contributed by atoms with E-state index in [4.69, 9.17) is 0 Å². The van der Waals surface area contributed by atoms with E-state index < -0.39 is 0 Å². The number of nitrogens with zero attached hydrogens (tertiary/aromatic N) is 2. The highest BCUT2D eigenvalue weighted by atomic mass is 16.2. The van der Waals surface area contributed by atoms with Crippen molar-refractivity contribution in [2.24, 2.45) is 0 Å². The lowest BCUT2D eigenvalue weighted by Gasteiger charge is -2.10. The summed E-state index contributed by atoms with van der Waals surface area (Å²) in [5.41, 5.74) is 0. The van der Waals surface area contributed by atoms with Gasteiger partial charge in [-0.15, -0.1) is 0 Å². The van der Waals surface area contributed by atoms with Crippen molar-refractivity contribution < 1.29 is 9.59 Å². The zero-order chi connectivity index (χ0) is 18.2. The van der Waals surface area contributed by atoms with Crippen LogP contribution in [0.2, 0.25) is 0 Å². The molecule has 142 valence electrons. The summed E-state index contributed by atoms with van der Waals surface area (Å²) in [5.74, 6) is 0.218. The van der Waals surface area contributed by atoms with Crippen LogP contribution < -0.4 is 10.6 Å². The minimum absolute atomic E-state index is 0.109.